The molecule has 0 bridgehead atoms. The number of sulfonamides is 1. The number of carboxylic acid groups (broad SMARTS) is 1. The third-order valence-corrected chi connectivity index (χ3v) is 5.54. The molecule has 1 fully saturated rings. The highest BCUT2D eigenvalue weighted by Crippen LogP contribution is 2.27. The van der Waals surface area contributed by atoms with Gasteiger partial charge < -0.3 is 15.2 Å². The van der Waals surface area contributed by atoms with Crippen molar-refractivity contribution in [3.63, 3.8) is 0 Å². The van der Waals surface area contributed by atoms with Crippen LogP contribution in [0.25, 0.3) is 0 Å². The van der Waals surface area contributed by atoms with E-state index in [4.69, 9.17) is 9.84 Å². The molecule has 1 aliphatic rings. The van der Waals surface area contributed by atoms with E-state index in [2.05, 4.69) is 10.0 Å². The number of ether oxygens (including phenoxy) is 1. The maximum absolute atomic E-state index is 12.3. The Morgan fingerprint density at radius 3 is 2.54 bits per heavy atom. The van der Waals surface area contributed by atoms with Gasteiger partial charge in [0.05, 0.1) is 13.0 Å². The van der Waals surface area contributed by atoms with Gasteiger partial charge in [-0.25, -0.2) is 13.1 Å². The Kier molecular flexibility index (Phi) is 5.45. The number of hydrogen-bond acceptors (Lipinski definition) is 5. The number of hydrogen-bond donors (Lipinski definition) is 3. The summed E-state index contributed by atoms with van der Waals surface area (Å²) in [6.07, 6.45) is 1.47. The van der Waals surface area contributed by atoms with Crippen LogP contribution in [0.15, 0.2) is 23.1 Å². The van der Waals surface area contributed by atoms with Gasteiger partial charge >= 0.3 is 5.97 Å². The number of methoxy groups -OCH3 is 1. The lowest BCUT2D eigenvalue weighted by molar-refractivity contribution is -0.141. The fourth-order valence-electron chi connectivity index (χ4n) is 2.74. The average Bonchev–Trinajstić information content (AvgIpc) is 3.03. The molecule has 0 aliphatic heterocycles. The molecular weight excluding hydrogens is 336 g/mol. The summed E-state index contributed by atoms with van der Waals surface area (Å²) < 4.78 is 31.3. The fraction of sp³-hybridized carbons (Fsp3) is 0.467. The van der Waals surface area contributed by atoms with Crippen molar-refractivity contribution in [2.24, 2.45) is 5.92 Å². The minimum absolute atomic E-state index is 0.130. The van der Waals surface area contributed by atoms with Crippen molar-refractivity contribution >= 4 is 21.9 Å². The summed E-state index contributed by atoms with van der Waals surface area (Å²) in [4.78, 5) is 23.2. The lowest BCUT2D eigenvalue weighted by Gasteiger charge is -2.14. The minimum atomic E-state index is -3.78. The first-order valence-corrected chi connectivity index (χ1v) is 8.92. The van der Waals surface area contributed by atoms with Crippen LogP contribution in [0.2, 0.25) is 0 Å². The number of benzene rings is 1. The van der Waals surface area contributed by atoms with Crippen molar-refractivity contribution in [1.29, 1.82) is 0 Å². The summed E-state index contributed by atoms with van der Waals surface area (Å²) >= 11 is 0. The van der Waals surface area contributed by atoms with Crippen molar-refractivity contribution in [1.82, 2.24) is 10.0 Å². The molecule has 0 aromatic heterocycles. The molecular formula is C15H20N2O6S. The highest BCUT2D eigenvalue weighted by atomic mass is 32.2. The van der Waals surface area contributed by atoms with Crippen molar-refractivity contribution in [3.8, 4) is 5.75 Å². The molecule has 8 nitrogen and oxygen atoms in total. The van der Waals surface area contributed by atoms with Crippen molar-refractivity contribution in [2.45, 2.75) is 30.2 Å². The van der Waals surface area contributed by atoms with Gasteiger partial charge in [0.1, 0.15) is 10.6 Å². The van der Waals surface area contributed by atoms with E-state index in [1.54, 1.807) is 0 Å². The van der Waals surface area contributed by atoms with Gasteiger partial charge in [0.25, 0.3) is 5.91 Å². The van der Waals surface area contributed by atoms with E-state index in [0.29, 0.717) is 19.3 Å². The quantitative estimate of drug-likeness (QED) is 0.686. The van der Waals surface area contributed by atoms with E-state index in [1.807, 2.05) is 0 Å². The van der Waals surface area contributed by atoms with Crippen LogP contribution in [0, 0.1) is 5.92 Å². The first-order valence-electron chi connectivity index (χ1n) is 7.43. The molecule has 0 saturated heterocycles. The summed E-state index contributed by atoms with van der Waals surface area (Å²) in [5.41, 5.74) is 0.170. The van der Waals surface area contributed by atoms with Crippen molar-refractivity contribution < 1.29 is 27.9 Å². The summed E-state index contributed by atoms with van der Waals surface area (Å²) in [6.45, 7) is 0. The maximum Gasteiger partial charge on any atom is 0.306 e. The third kappa shape index (κ3) is 3.85. The second kappa shape index (κ2) is 7.18. The Balaban J connectivity index is 2.19. The molecule has 1 amide bonds. The van der Waals surface area contributed by atoms with Crippen LogP contribution in [0.1, 0.15) is 29.6 Å². The number of carboxylic acids is 1. The lowest BCUT2D eigenvalue weighted by atomic mass is 10.1. The van der Waals surface area contributed by atoms with E-state index in [-0.39, 0.29) is 22.3 Å². The molecule has 2 atom stereocenters. The first kappa shape index (κ1) is 18.2. The molecule has 1 aromatic rings. The van der Waals surface area contributed by atoms with Crippen LogP contribution in [-0.2, 0) is 14.8 Å². The van der Waals surface area contributed by atoms with Gasteiger partial charge in [-0.15, -0.1) is 0 Å². The number of carbonyl (C=O) groups is 2. The van der Waals surface area contributed by atoms with E-state index in [1.165, 1.54) is 32.4 Å². The monoisotopic (exact) mass is 356 g/mol. The summed E-state index contributed by atoms with van der Waals surface area (Å²) in [5, 5.41) is 11.7. The predicted octanol–water partition coefficient (Wildman–Crippen LogP) is 0.586. The second-order valence-electron chi connectivity index (χ2n) is 5.59. The predicted molar refractivity (Wildman–Crippen MR) is 85.5 cm³/mol. The highest BCUT2D eigenvalue weighted by Gasteiger charge is 2.31. The Hall–Kier alpha value is -2.13. The van der Waals surface area contributed by atoms with Crippen molar-refractivity contribution in [3.05, 3.63) is 23.8 Å². The van der Waals surface area contributed by atoms with Crippen LogP contribution in [0.3, 0.4) is 0 Å². The van der Waals surface area contributed by atoms with E-state index in [9.17, 15) is 18.0 Å². The molecule has 3 N–H and O–H groups in total. The van der Waals surface area contributed by atoms with E-state index < -0.39 is 27.8 Å². The SMILES string of the molecule is CNS(=O)(=O)c1cc(C(=O)N[C@@H]2CC[C@H](C(=O)O)C2)ccc1OC. The Morgan fingerprint density at radius 2 is 2.00 bits per heavy atom. The van der Waals surface area contributed by atoms with Crippen LogP contribution in [0.5, 0.6) is 5.75 Å². The van der Waals surface area contributed by atoms with Gasteiger partial charge in [-0.3, -0.25) is 9.59 Å². The fourth-order valence-corrected chi connectivity index (χ4v) is 3.66. The first-order chi connectivity index (χ1) is 11.3. The summed E-state index contributed by atoms with van der Waals surface area (Å²) in [5.74, 6) is -1.63. The average molecular weight is 356 g/mol. The molecule has 0 heterocycles. The van der Waals surface area contributed by atoms with Crippen LogP contribution >= 0.6 is 0 Å². The zero-order valence-electron chi connectivity index (χ0n) is 13.4. The minimum Gasteiger partial charge on any atom is -0.495 e. The summed E-state index contributed by atoms with van der Waals surface area (Å²) in [6, 6.07) is 3.88. The van der Waals surface area contributed by atoms with Crippen LogP contribution in [0.4, 0.5) is 0 Å². The number of nitrogens with one attached hydrogen (secondary N) is 2. The molecule has 1 aromatic carbocycles. The zero-order valence-corrected chi connectivity index (χ0v) is 14.2. The lowest BCUT2D eigenvalue weighted by Crippen LogP contribution is -2.33. The van der Waals surface area contributed by atoms with E-state index >= 15 is 0 Å². The molecule has 1 aliphatic carbocycles. The molecule has 9 heteroatoms. The smallest absolute Gasteiger partial charge is 0.306 e. The molecule has 24 heavy (non-hydrogen) atoms. The normalized spacial score (nSPS) is 20.6. The van der Waals surface area contributed by atoms with Gasteiger partial charge in [0.15, 0.2) is 0 Å². The largest absolute Gasteiger partial charge is 0.495 e. The van der Waals surface area contributed by atoms with Crippen LogP contribution in [-0.4, -0.2) is 45.6 Å². The number of rotatable bonds is 6. The highest BCUT2D eigenvalue weighted by molar-refractivity contribution is 7.89. The molecule has 0 radical (unpaired) electrons. The van der Waals surface area contributed by atoms with Gasteiger partial charge in [-0.2, -0.15) is 0 Å². The molecule has 2 rings (SSSR count). The van der Waals surface area contributed by atoms with Gasteiger partial charge in [0, 0.05) is 11.6 Å². The number of amides is 1. The molecule has 0 spiro atoms. The zero-order chi connectivity index (χ0) is 17.9. The van der Waals surface area contributed by atoms with Gasteiger partial charge in [-0.1, -0.05) is 0 Å². The topological polar surface area (TPSA) is 122 Å². The number of aliphatic carboxylic acids is 1. The van der Waals surface area contributed by atoms with Gasteiger partial charge in [-0.05, 0) is 44.5 Å². The standard InChI is InChI=1S/C15H20N2O6S/c1-16-24(21,22)13-8-9(4-6-12(13)23-2)14(18)17-11-5-3-10(7-11)15(19)20/h4,6,8,10-11,16H,3,5,7H2,1-2H3,(H,17,18)(H,19,20)/t10-,11+/m0/s1. The van der Waals surface area contributed by atoms with Crippen molar-refractivity contribution in [2.75, 3.05) is 14.2 Å². The Morgan fingerprint density at radius 1 is 1.29 bits per heavy atom. The Labute approximate surface area is 140 Å². The number of carbonyl (C=O) groups excluding carboxylic acids is 1. The second-order valence-corrected chi connectivity index (χ2v) is 7.45. The Bertz CT molecular complexity index is 746. The molecule has 1 saturated carbocycles. The summed E-state index contributed by atoms with van der Waals surface area (Å²) in [7, 11) is -1.17. The van der Waals surface area contributed by atoms with Crippen LogP contribution < -0.4 is 14.8 Å². The van der Waals surface area contributed by atoms with Gasteiger partial charge in [0.2, 0.25) is 10.0 Å². The molecule has 132 valence electrons. The third-order valence-electron chi connectivity index (χ3n) is 4.10. The molecule has 0 unspecified atom stereocenters. The maximum atomic E-state index is 12.3. The van der Waals surface area contributed by atoms with E-state index in [0.717, 1.165) is 0 Å².